The lowest BCUT2D eigenvalue weighted by molar-refractivity contribution is -0.384. The first-order valence-electron chi connectivity index (χ1n) is 8.40. The van der Waals surface area contributed by atoms with Crippen LogP contribution in [0.25, 0.3) is 6.08 Å². The number of nitrogens with one attached hydrogen (secondary N) is 1. The van der Waals surface area contributed by atoms with Crippen molar-refractivity contribution in [2.45, 2.75) is 27.2 Å². The second-order valence-corrected chi connectivity index (χ2v) is 6.81. The van der Waals surface area contributed by atoms with Crippen LogP contribution in [0.1, 0.15) is 40.2 Å². The average molecular weight is 388 g/mol. The van der Waals surface area contributed by atoms with Crippen molar-refractivity contribution in [1.82, 2.24) is 0 Å². The summed E-state index contributed by atoms with van der Waals surface area (Å²) in [7, 11) is 0. The highest BCUT2D eigenvalue weighted by Crippen LogP contribution is 2.34. The second-order valence-electron chi connectivity index (χ2n) is 5.59. The first-order chi connectivity index (χ1) is 12.9. The fourth-order valence-electron chi connectivity index (χ4n) is 2.58. The molecule has 0 radical (unpaired) electrons. The molecule has 0 fully saturated rings. The van der Waals surface area contributed by atoms with Crippen LogP contribution in [-0.2, 0) is 16.0 Å². The Labute approximate surface area is 160 Å². The smallest absolute Gasteiger partial charge is 0.341 e. The van der Waals surface area contributed by atoms with Gasteiger partial charge >= 0.3 is 5.97 Å². The van der Waals surface area contributed by atoms with Crippen LogP contribution in [0.4, 0.5) is 10.7 Å². The van der Waals surface area contributed by atoms with Crippen molar-refractivity contribution in [3.8, 4) is 0 Å². The van der Waals surface area contributed by atoms with Crippen molar-refractivity contribution in [1.29, 1.82) is 0 Å². The number of nitrogens with zero attached hydrogens (tertiary/aromatic N) is 1. The summed E-state index contributed by atoms with van der Waals surface area (Å²) in [5.41, 5.74) is 1.72. The van der Waals surface area contributed by atoms with Gasteiger partial charge in [-0.15, -0.1) is 11.3 Å². The molecule has 0 aliphatic rings. The normalized spacial score (nSPS) is 10.8. The van der Waals surface area contributed by atoms with Crippen LogP contribution in [0.3, 0.4) is 0 Å². The van der Waals surface area contributed by atoms with Gasteiger partial charge in [-0.25, -0.2) is 4.79 Å². The molecule has 1 aromatic carbocycles. The average Bonchev–Trinajstić information content (AvgIpc) is 2.95. The lowest BCUT2D eigenvalue weighted by Crippen LogP contribution is -2.13. The van der Waals surface area contributed by atoms with Gasteiger partial charge in [0.05, 0.1) is 17.1 Å². The Morgan fingerprint density at radius 3 is 2.70 bits per heavy atom. The standard InChI is InChI=1S/C19H20N2O5S/c1-4-15-12(3)27-18(17(15)19(23)26-5-2)20-16(22)10-9-13-7-6-8-14(11-13)21(24)25/h6-11H,4-5H2,1-3H3,(H,20,22)/b10-9+. The van der Waals surface area contributed by atoms with E-state index in [1.165, 1.54) is 35.6 Å². The summed E-state index contributed by atoms with van der Waals surface area (Å²) in [6.07, 6.45) is 3.40. The molecule has 2 aromatic rings. The van der Waals surface area contributed by atoms with E-state index in [0.29, 0.717) is 22.5 Å². The number of hydrogen-bond donors (Lipinski definition) is 1. The van der Waals surface area contributed by atoms with E-state index >= 15 is 0 Å². The van der Waals surface area contributed by atoms with Gasteiger partial charge in [0.1, 0.15) is 5.00 Å². The number of carbonyl (C=O) groups excluding carboxylic acids is 2. The van der Waals surface area contributed by atoms with Gasteiger partial charge < -0.3 is 10.1 Å². The SMILES string of the molecule is CCOC(=O)c1c(NC(=O)/C=C/c2cccc([N+](=O)[O-])c2)sc(C)c1CC. The molecule has 1 aromatic heterocycles. The zero-order valence-corrected chi connectivity index (χ0v) is 16.1. The van der Waals surface area contributed by atoms with Crippen molar-refractivity contribution in [3.05, 3.63) is 62.0 Å². The maximum Gasteiger partial charge on any atom is 0.341 e. The van der Waals surface area contributed by atoms with Crippen LogP contribution >= 0.6 is 11.3 Å². The van der Waals surface area contributed by atoms with Gasteiger partial charge in [-0.3, -0.25) is 14.9 Å². The topological polar surface area (TPSA) is 98.5 Å². The number of benzene rings is 1. The van der Waals surface area contributed by atoms with Crippen LogP contribution in [0.2, 0.25) is 0 Å². The van der Waals surface area contributed by atoms with Gasteiger partial charge in [-0.2, -0.15) is 0 Å². The number of esters is 1. The predicted molar refractivity (Wildman–Crippen MR) is 105 cm³/mol. The molecule has 1 heterocycles. The first kappa shape index (κ1) is 20.3. The monoisotopic (exact) mass is 388 g/mol. The van der Waals surface area contributed by atoms with Crippen molar-refractivity contribution in [2.75, 3.05) is 11.9 Å². The Bertz CT molecular complexity index is 902. The van der Waals surface area contributed by atoms with E-state index in [0.717, 1.165) is 10.4 Å². The molecule has 7 nitrogen and oxygen atoms in total. The number of thiophene rings is 1. The van der Waals surface area contributed by atoms with Gasteiger partial charge in [0.25, 0.3) is 5.69 Å². The zero-order chi connectivity index (χ0) is 20.0. The molecule has 0 aliphatic carbocycles. The third-order valence-corrected chi connectivity index (χ3v) is 4.85. The van der Waals surface area contributed by atoms with Gasteiger partial charge in [-0.1, -0.05) is 19.1 Å². The van der Waals surface area contributed by atoms with E-state index in [4.69, 9.17) is 4.74 Å². The molecule has 27 heavy (non-hydrogen) atoms. The Morgan fingerprint density at radius 1 is 1.33 bits per heavy atom. The third-order valence-electron chi connectivity index (χ3n) is 3.79. The Morgan fingerprint density at radius 2 is 2.07 bits per heavy atom. The second kappa shape index (κ2) is 9.09. The molecule has 8 heteroatoms. The number of nitro groups is 1. The van der Waals surface area contributed by atoms with Crippen LogP contribution in [0.5, 0.6) is 0 Å². The summed E-state index contributed by atoms with van der Waals surface area (Å²) in [6.45, 7) is 5.80. The minimum Gasteiger partial charge on any atom is -0.462 e. The number of hydrogen-bond acceptors (Lipinski definition) is 6. The van der Waals surface area contributed by atoms with E-state index in [1.807, 2.05) is 13.8 Å². The lowest BCUT2D eigenvalue weighted by Gasteiger charge is -2.06. The van der Waals surface area contributed by atoms with E-state index in [1.54, 1.807) is 19.1 Å². The number of rotatable bonds is 7. The number of nitro benzene ring substituents is 1. The molecule has 142 valence electrons. The van der Waals surface area contributed by atoms with Crippen LogP contribution in [-0.4, -0.2) is 23.4 Å². The molecule has 0 atom stereocenters. The van der Waals surface area contributed by atoms with Gasteiger partial charge in [0, 0.05) is 23.1 Å². The summed E-state index contributed by atoms with van der Waals surface area (Å²) >= 11 is 1.32. The van der Waals surface area contributed by atoms with Crippen molar-refractivity contribution in [3.63, 3.8) is 0 Å². The van der Waals surface area contributed by atoms with E-state index in [-0.39, 0.29) is 12.3 Å². The fraction of sp³-hybridized carbons (Fsp3) is 0.263. The summed E-state index contributed by atoms with van der Waals surface area (Å²) in [5, 5.41) is 14.0. The summed E-state index contributed by atoms with van der Waals surface area (Å²) < 4.78 is 5.11. The molecule has 0 aliphatic heterocycles. The first-order valence-corrected chi connectivity index (χ1v) is 9.21. The number of anilines is 1. The molecular formula is C19H20N2O5S. The highest BCUT2D eigenvalue weighted by Gasteiger charge is 2.23. The molecule has 0 saturated carbocycles. The quantitative estimate of drug-likeness (QED) is 0.329. The van der Waals surface area contributed by atoms with Gasteiger partial charge in [-0.05, 0) is 37.5 Å². The van der Waals surface area contributed by atoms with E-state index < -0.39 is 16.8 Å². The molecule has 1 amide bonds. The lowest BCUT2D eigenvalue weighted by atomic mass is 10.1. The molecule has 0 bridgehead atoms. The summed E-state index contributed by atoms with van der Waals surface area (Å²) in [6, 6.07) is 5.96. The fourth-order valence-corrected chi connectivity index (χ4v) is 3.72. The van der Waals surface area contributed by atoms with Gasteiger partial charge in [0.15, 0.2) is 0 Å². The minimum absolute atomic E-state index is 0.0522. The number of amides is 1. The Kier molecular flexibility index (Phi) is 6.84. The van der Waals surface area contributed by atoms with Crippen molar-refractivity contribution >= 4 is 40.0 Å². The number of non-ortho nitro benzene ring substituents is 1. The molecule has 1 N–H and O–H groups in total. The maximum absolute atomic E-state index is 12.3. The highest BCUT2D eigenvalue weighted by atomic mass is 32.1. The molecule has 0 unspecified atom stereocenters. The molecule has 0 spiro atoms. The highest BCUT2D eigenvalue weighted by molar-refractivity contribution is 7.16. The third kappa shape index (κ3) is 5.01. The minimum atomic E-state index is -0.496. The van der Waals surface area contributed by atoms with Crippen LogP contribution in [0.15, 0.2) is 30.3 Å². The number of carbonyl (C=O) groups is 2. The van der Waals surface area contributed by atoms with Crippen LogP contribution < -0.4 is 5.32 Å². The molecule has 0 saturated heterocycles. The van der Waals surface area contributed by atoms with Gasteiger partial charge in [0.2, 0.25) is 5.91 Å². The van der Waals surface area contributed by atoms with Crippen molar-refractivity contribution < 1.29 is 19.2 Å². The Balaban J connectivity index is 2.21. The summed E-state index contributed by atoms with van der Waals surface area (Å²) in [4.78, 5) is 35.8. The molecular weight excluding hydrogens is 368 g/mol. The number of aryl methyl sites for hydroxylation is 1. The van der Waals surface area contributed by atoms with Crippen LogP contribution in [0, 0.1) is 17.0 Å². The molecule has 2 rings (SSSR count). The Hall–Kier alpha value is -3.00. The number of ether oxygens (including phenoxy) is 1. The summed E-state index contributed by atoms with van der Waals surface area (Å²) in [5.74, 6) is -0.896. The largest absolute Gasteiger partial charge is 0.462 e. The predicted octanol–water partition coefficient (Wildman–Crippen LogP) is 4.36. The zero-order valence-electron chi connectivity index (χ0n) is 15.3. The van der Waals surface area contributed by atoms with E-state index in [9.17, 15) is 19.7 Å². The van der Waals surface area contributed by atoms with Crippen molar-refractivity contribution in [2.24, 2.45) is 0 Å². The van der Waals surface area contributed by atoms with E-state index in [2.05, 4.69) is 5.32 Å². The maximum atomic E-state index is 12.3.